The molecule has 0 fully saturated rings. The van der Waals surface area contributed by atoms with Crippen LogP contribution in [0, 0.1) is 0 Å². The molecule has 0 bridgehead atoms. The zero-order chi connectivity index (χ0) is 10.5. The highest BCUT2D eigenvalue weighted by Gasteiger charge is 2.27. The summed E-state index contributed by atoms with van der Waals surface area (Å²) in [6, 6.07) is 2.01. The van der Waals surface area contributed by atoms with Gasteiger partial charge in [-0.15, -0.1) is 0 Å². The molecule has 2 N–H and O–H groups in total. The summed E-state index contributed by atoms with van der Waals surface area (Å²) in [7, 11) is 0. The normalized spacial score (nSPS) is 18.0. The van der Waals surface area contributed by atoms with E-state index in [4.69, 9.17) is 4.74 Å². The van der Waals surface area contributed by atoms with Gasteiger partial charge in [0.25, 0.3) is 0 Å². The molecule has 0 radical (unpaired) electrons. The molecule has 0 saturated heterocycles. The van der Waals surface area contributed by atoms with Crippen LogP contribution in [0.3, 0.4) is 0 Å². The van der Waals surface area contributed by atoms with Gasteiger partial charge in [-0.05, 0) is 19.9 Å². The molecular formula is C11H13N3O. The van der Waals surface area contributed by atoms with E-state index < -0.39 is 0 Å². The van der Waals surface area contributed by atoms with Crippen LogP contribution >= 0.6 is 0 Å². The van der Waals surface area contributed by atoms with E-state index in [1.54, 1.807) is 6.20 Å². The van der Waals surface area contributed by atoms with Gasteiger partial charge in [0.15, 0.2) is 5.75 Å². The van der Waals surface area contributed by atoms with E-state index in [2.05, 4.69) is 29.1 Å². The minimum atomic E-state index is -0.0292. The Morgan fingerprint density at radius 1 is 1.47 bits per heavy atom. The average Bonchev–Trinajstić information content (AvgIpc) is 2.64. The van der Waals surface area contributed by atoms with Crippen molar-refractivity contribution in [3.05, 3.63) is 18.5 Å². The summed E-state index contributed by atoms with van der Waals surface area (Å²) in [4.78, 5) is 7.37. The summed E-state index contributed by atoms with van der Waals surface area (Å²) in [6.45, 7) is 4.90. The van der Waals surface area contributed by atoms with Gasteiger partial charge < -0.3 is 15.0 Å². The third-order valence-electron chi connectivity index (χ3n) is 2.60. The van der Waals surface area contributed by atoms with Crippen molar-refractivity contribution in [3.63, 3.8) is 0 Å². The van der Waals surface area contributed by atoms with E-state index in [1.807, 2.05) is 12.3 Å². The fourth-order valence-corrected chi connectivity index (χ4v) is 1.86. The first-order valence-corrected chi connectivity index (χ1v) is 5.03. The van der Waals surface area contributed by atoms with Gasteiger partial charge in [0.2, 0.25) is 0 Å². The smallest absolute Gasteiger partial charge is 0.161 e. The van der Waals surface area contributed by atoms with Crippen LogP contribution in [0.1, 0.15) is 13.8 Å². The quantitative estimate of drug-likeness (QED) is 0.689. The number of hydrogen-bond donors (Lipinski definition) is 2. The summed E-state index contributed by atoms with van der Waals surface area (Å²) >= 11 is 0. The van der Waals surface area contributed by atoms with Crippen LogP contribution in [0.2, 0.25) is 0 Å². The Bertz CT molecular complexity index is 516. The number of anilines is 1. The number of hydrogen-bond acceptors (Lipinski definition) is 3. The molecule has 15 heavy (non-hydrogen) atoms. The highest BCUT2D eigenvalue weighted by atomic mass is 16.5. The molecule has 0 atom stereocenters. The number of rotatable bonds is 0. The van der Waals surface area contributed by atoms with Gasteiger partial charge in [0.05, 0.1) is 17.4 Å². The molecule has 3 rings (SSSR count). The maximum Gasteiger partial charge on any atom is 0.161 e. The third kappa shape index (κ3) is 1.25. The molecule has 1 aliphatic heterocycles. The van der Waals surface area contributed by atoms with Gasteiger partial charge in [0, 0.05) is 11.6 Å². The van der Waals surface area contributed by atoms with Crippen LogP contribution in [0.25, 0.3) is 11.0 Å². The van der Waals surface area contributed by atoms with Crippen molar-refractivity contribution in [2.24, 2.45) is 0 Å². The maximum atomic E-state index is 5.68. The predicted molar refractivity (Wildman–Crippen MR) is 59.3 cm³/mol. The zero-order valence-electron chi connectivity index (χ0n) is 8.79. The molecule has 4 nitrogen and oxygen atoms in total. The number of fused-ring (bicyclic) bond motifs is 3. The van der Waals surface area contributed by atoms with Gasteiger partial charge in [0.1, 0.15) is 12.3 Å². The van der Waals surface area contributed by atoms with E-state index >= 15 is 0 Å². The Kier molecular flexibility index (Phi) is 1.52. The Labute approximate surface area is 87.7 Å². The fourth-order valence-electron chi connectivity index (χ4n) is 1.86. The number of nitrogens with one attached hydrogen (secondary N) is 2. The molecule has 3 heterocycles. The van der Waals surface area contributed by atoms with Gasteiger partial charge in [-0.2, -0.15) is 0 Å². The summed E-state index contributed by atoms with van der Waals surface area (Å²) in [6.07, 6.45) is 3.65. The Morgan fingerprint density at radius 3 is 3.20 bits per heavy atom. The van der Waals surface area contributed by atoms with Crippen LogP contribution in [-0.2, 0) is 0 Å². The third-order valence-corrected chi connectivity index (χ3v) is 2.60. The first-order chi connectivity index (χ1) is 7.16. The number of pyridine rings is 1. The molecule has 78 valence electrons. The number of nitrogens with zero attached hydrogens (tertiary/aromatic N) is 1. The fraction of sp³-hybridized carbons (Fsp3) is 0.364. The standard InChI is InChI=1S/C11H13N3O/c1-11(2)6-15-8-5-13-10-7(3-4-12-10)9(8)14-11/h3-5,14H,6H2,1-2H3,(H,12,13). The van der Waals surface area contributed by atoms with Gasteiger partial charge in [-0.3, -0.25) is 0 Å². The lowest BCUT2D eigenvalue weighted by atomic mass is 10.0. The van der Waals surface area contributed by atoms with Crippen LogP contribution in [0.15, 0.2) is 18.5 Å². The second kappa shape index (κ2) is 2.66. The van der Waals surface area contributed by atoms with E-state index in [-0.39, 0.29) is 5.54 Å². The lowest BCUT2D eigenvalue weighted by molar-refractivity contribution is 0.242. The molecule has 0 spiro atoms. The SMILES string of the molecule is CC1(C)COc2cnc3[nH]ccc3c2N1. The monoisotopic (exact) mass is 203 g/mol. The van der Waals surface area contributed by atoms with Crippen molar-refractivity contribution < 1.29 is 4.74 Å². The van der Waals surface area contributed by atoms with E-state index in [1.165, 1.54) is 0 Å². The van der Waals surface area contributed by atoms with Crippen LogP contribution in [-0.4, -0.2) is 22.1 Å². The second-order valence-electron chi connectivity index (χ2n) is 4.53. The molecule has 2 aromatic heterocycles. The van der Waals surface area contributed by atoms with E-state index in [9.17, 15) is 0 Å². The molecule has 0 unspecified atom stereocenters. The van der Waals surface area contributed by atoms with Crippen molar-refractivity contribution in [2.45, 2.75) is 19.4 Å². The molecule has 1 aliphatic rings. The lowest BCUT2D eigenvalue weighted by Gasteiger charge is -2.33. The Morgan fingerprint density at radius 2 is 2.33 bits per heavy atom. The van der Waals surface area contributed by atoms with Gasteiger partial charge in [-0.25, -0.2) is 4.98 Å². The average molecular weight is 203 g/mol. The van der Waals surface area contributed by atoms with E-state index in [0.717, 1.165) is 22.5 Å². The van der Waals surface area contributed by atoms with Crippen molar-refractivity contribution >= 4 is 16.7 Å². The van der Waals surface area contributed by atoms with Crippen molar-refractivity contribution in [2.75, 3.05) is 11.9 Å². The lowest BCUT2D eigenvalue weighted by Crippen LogP contribution is -2.41. The second-order valence-corrected chi connectivity index (χ2v) is 4.53. The van der Waals surface area contributed by atoms with Crippen molar-refractivity contribution in [3.8, 4) is 5.75 Å². The van der Waals surface area contributed by atoms with Gasteiger partial charge >= 0.3 is 0 Å². The first-order valence-electron chi connectivity index (χ1n) is 5.03. The van der Waals surface area contributed by atoms with Crippen LogP contribution in [0.5, 0.6) is 5.75 Å². The van der Waals surface area contributed by atoms with Crippen molar-refractivity contribution in [1.29, 1.82) is 0 Å². The molecule has 0 aromatic carbocycles. The molecule has 2 aromatic rings. The molecule has 0 aliphatic carbocycles. The minimum Gasteiger partial charge on any atom is -0.487 e. The van der Waals surface area contributed by atoms with Crippen molar-refractivity contribution in [1.82, 2.24) is 9.97 Å². The van der Waals surface area contributed by atoms with Gasteiger partial charge in [-0.1, -0.05) is 0 Å². The zero-order valence-corrected chi connectivity index (χ0v) is 8.79. The summed E-state index contributed by atoms with van der Waals surface area (Å²) in [5.41, 5.74) is 1.90. The Hall–Kier alpha value is -1.71. The highest BCUT2D eigenvalue weighted by molar-refractivity contribution is 5.93. The Balaban J connectivity index is 2.24. The number of H-pyrrole nitrogens is 1. The highest BCUT2D eigenvalue weighted by Crippen LogP contribution is 2.36. The molecular weight excluding hydrogens is 190 g/mol. The molecule has 0 amide bonds. The largest absolute Gasteiger partial charge is 0.487 e. The maximum absolute atomic E-state index is 5.68. The molecule has 0 saturated carbocycles. The predicted octanol–water partition coefficient (Wildman–Crippen LogP) is 2.15. The summed E-state index contributed by atoms with van der Waals surface area (Å²) < 4.78 is 5.68. The van der Waals surface area contributed by atoms with Crippen LogP contribution in [0.4, 0.5) is 5.69 Å². The first kappa shape index (κ1) is 8.59. The topological polar surface area (TPSA) is 49.9 Å². The van der Waals surface area contributed by atoms with Crippen LogP contribution < -0.4 is 10.1 Å². The number of ether oxygens (including phenoxy) is 1. The number of aromatic amines is 1. The minimum absolute atomic E-state index is 0.0292. The summed E-state index contributed by atoms with van der Waals surface area (Å²) in [5, 5.41) is 4.56. The summed E-state index contributed by atoms with van der Waals surface area (Å²) in [5.74, 6) is 0.835. The molecule has 4 heteroatoms. The number of aromatic nitrogens is 2. The van der Waals surface area contributed by atoms with E-state index in [0.29, 0.717) is 6.61 Å².